The summed E-state index contributed by atoms with van der Waals surface area (Å²) in [5.74, 6) is -0.0742. The minimum Gasteiger partial charge on any atom is -0.355 e. The SMILES string of the molecule is CC(=O)c1c(C)[nH]c(C(=O)[C@@H](C)Sc2nnnn2C2CCCC2)c1C. The van der Waals surface area contributed by atoms with Crippen molar-refractivity contribution in [1.29, 1.82) is 0 Å². The first kappa shape index (κ1) is 17.8. The number of nitrogens with one attached hydrogen (secondary N) is 1. The maximum absolute atomic E-state index is 12.9. The molecule has 1 N–H and O–H groups in total. The Kier molecular flexibility index (Phi) is 5.08. The summed E-state index contributed by atoms with van der Waals surface area (Å²) in [6.07, 6.45) is 4.55. The predicted octanol–water partition coefficient (Wildman–Crippen LogP) is 3.30. The van der Waals surface area contributed by atoms with Crippen LogP contribution in [0.4, 0.5) is 0 Å². The summed E-state index contributed by atoms with van der Waals surface area (Å²) >= 11 is 1.37. The van der Waals surface area contributed by atoms with Gasteiger partial charge in [0.05, 0.1) is 17.0 Å². The molecule has 8 heteroatoms. The van der Waals surface area contributed by atoms with Gasteiger partial charge < -0.3 is 4.98 Å². The zero-order chi connectivity index (χ0) is 18.1. The highest BCUT2D eigenvalue weighted by atomic mass is 32.2. The molecule has 0 spiro atoms. The van der Waals surface area contributed by atoms with Gasteiger partial charge in [0, 0.05) is 11.3 Å². The van der Waals surface area contributed by atoms with Crippen LogP contribution < -0.4 is 0 Å². The first-order chi connectivity index (χ1) is 11.9. The second-order valence-corrected chi connectivity index (χ2v) is 7.96. The van der Waals surface area contributed by atoms with Crippen molar-refractivity contribution in [3.63, 3.8) is 0 Å². The molecule has 1 saturated carbocycles. The standard InChI is InChI=1S/C17H23N5O2S/c1-9-14(11(3)23)10(2)18-15(9)16(24)12(4)25-17-19-20-21-22(17)13-7-5-6-8-13/h12-13,18H,5-8H2,1-4H3/t12-/m1/s1. The van der Waals surface area contributed by atoms with Crippen LogP contribution in [0.25, 0.3) is 0 Å². The molecule has 2 heterocycles. The number of tetrazole rings is 1. The Morgan fingerprint density at radius 2 is 1.96 bits per heavy atom. The third kappa shape index (κ3) is 3.40. The van der Waals surface area contributed by atoms with Gasteiger partial charge in [-0.15, -0.1) is 5.10 Å². The van der Waals surface area contributed by atoms with E-state index >= 15 is 0 Å². The van der Waals surface area contributed by atoms with Crippen molar-refractivity contribution >= 4 is 23.3 Å². The van der Waals surface area contributed by atoms with Gasteiger partial charge in [0.25, 0.3) is 0 Å². The van der Waals surface area contributed by atoms with Crippen LogP contribution in [0.2, 0.25) is 0 Å². The molecule has 2 aromatic rings. The van der Waals surface area contributed by atoms with Crippen molar-refractivity contribution in [3.05, 3.63) is 22.5 Å². The van der Waals surface area contributed by atoms with Crippen LogP contribution in [0, 0.1) is 13.8 Å². The van der Waals surface area contributed by atoms with Gasteiger partial charge in [0.2, 0.25) is 5.16 Å². The topological polar surface area (TPSA) is 93.5 Å². The molecule has 1 aliphatic carbocycles. The van der Waals surface area contributed by atoms with Crippen LogP contribution >= 0.6 is 11.8 Å². The third-order valence-electron chi connectivity index (χ3n) is 4.82. The summed E-state index contributed by atoms with van der Waals surface area (Å²) < 4.78 is 1.86. The highest BCUT2D eigenvalue weighted by Gasteiger charge is 2.27. The number of Topliss-reactive ketones (excluding diaryl/α,β-unsaturated/α-hetero) is 2. The molecule has 134 valence electrons. The minimum absolute atomic E-state index is 0.0317. The maximum atomic E-state index is 12.9. The van der Waals surface area contributed by atoms with Gasteiger partial charge in [-0.3, -0.25) is 9.59 Å². The molecule has 2 aromatic heterocycles. The van der Waals surface area contributed by atoms with E-state index in [0.29, 0.717) is 22.5 Å². The summed E-state index contributed by atoms with van der Waals surface area (Å²) in [4.78, 5) is 27.7. The molecule has 25 heavy (non-hydrogen) atoms. The molecule has 0 aromatic carbocycles. The number of hydrogen-bond donors (Lipinski definition) is 1. The molecular weight excluding hydrogens is 338 g/mol. The van der Waals surface area contributed by atoms with Crippen LogP contribution in [0.5, 0.6) is 0 Å². The molecule has 1 atom stereocenters. The molecule has 1 aliphatic rings. The van der Waals surface area contributed by atoms with Gasteiger partial charge in [0.1, 0.15) is 0 Å². The Morgan fingerprint density at radius 3 is 2.56 bits per heavy atom. The summed E-state index contributed by atoms with van der Waals surface area (Å²) in [5, 5.41) is 12.3. The van der Waals surface area contributed by atoms with Crippen LogP contribution in [0.3, 0.4) is 0 Å². The van der Waals surface area contributed by atoms with Crippen LogP contribution in [-0.4, -0.2) is 42.0 Å². The van der Waals surface area contributed by atoms with E-state index < -0.39 is 0 Å². The Bertz CT molecular complexity index is 804. The highest BCUT2D eigenvalue weighted by Crippen LogP contribution is 2.33. The zero-order valence-electron chi connectivity index (χ0n) is 15.0. The number of hydrogen-bond acceptors (Lipinski definition) is 6. The number of ketones is 2. The first-order valence-corrected chi connectivity index (χ1v) is 9.47. The van der Waals surface area contributed by atoms with Crippen molar-refractivity contribution in [2.45, 2.75) is 69.8 Å². The second-order valence-electron chi connectivity index (χ2n) is 6.65. The van der Waals surface area contributed by atoms with Crippen molar-refractivity contribution in [2.75, 3.05) is 0 Å². The third-order valence-corrected chi connectivity index (χ3v) is 5.87. The zero-order valence-corrected chi connectivity index (χ0v) is 15.8. The second kappa shape index (κ2) is 7.11. The monoisotopic (exact) mass is 361 g/mol. The molecule has 0 unspecified atom stereocenters. The summed E-state index contributed by atoms with van der Waals surface area (Å²) in [6, 6.07) is 0.332. The Balaban J connectivity index is 1.79. The number of aromatic nitrogens is 5. The summed E-state index contributed by atoms with van der Waals surface area (Å²) in [5.41, 5.74) is 2.57. The van der Waals surface area contributed by atoms with Gasteiger partial charge in [-0.1, -0.05) is 24.6 Å². The number of nitrogens with zero attached hydrogens (tertiary/aromatic N) is 4. The van der Waals surface area contributed by atoms with E-state index in [1.165, 1.54) is 31.5 Å². The quantitative estimate of drug-likeness (QED) is 0.627. The molecular formula is C17H23N5O2S. The molecule has 0 amide bonds. The fourth-order valence-corrected chi connectivity index (χ4v) is 4.50. The first-order valence-electron chi connectivity index (χ1n) is 8.59. The Labute approximate surface area is 151 Å². The smallest absolute Gasteiger partial charge is 0.210 e. The largest absolute Gasteiger partial charge is 0.355 e. The van der Waals surface area contributed by atoms with Crippen LogP contribution in [0.15, 0.2) is 5.16 Å². The van der Waals surface area contributed by atoms with E-state index in [-0.39, 0.29) is 16.8 Å². The Morgan fingerprint density at radius 1 is 1.28 bits per heavy atom. The number of carbonyl (C=O) groups excluding carboxylic acids is 2. The number of carbonyl (C=O) groups is 2. The van der Waals surface area contributed by atoms with Crippen LogP contribution in [-0.2, 0) is 0 Å². The van der Waals surface area contributed by atoms with Gasteiger partial charge in [0.15, 0.2) is 11.6 Å². The maximum Gasteiger partial charge on any atom is 0.210 e. The number of H-pyrrole nitrogens is 1. The van der Waals surface area contributed by atoms with Gasteiger partial charge in [-0.25, -0.2) is 4.68 Å². The lowest BCUT2D eigenvalue weighted by atomic mass is 10.0. The van der Waals surface area contributed by atoms with Crippen LogP contribution in [0.1, 0.15) is 77.7 Å². The average molecular weight is 361 g/mol. The van der Waals surface area contributed by atoms with E-state index in [0.717, 1.165) is 24.1 Å². The molecule has 7 nitrogen and oxygen atoms in total. The predicted molar refractivity (Wildman–Crippen MR) is 95.2 cm³/mol. The van der Waals surface area contributed by atoms with Gasteiger partial charge >= 0.3 is 0 Å². The van der Waals surface area contributed by atoms with E-state index in [2.05, 4.69) is 20.5 Å². The molecule has 0 bridgehead atoms. The average Bonchev–Trinajstić information content (AvgIpc) is 3.26. The van der Waals surface area contributed by atoms with Crippen molar-refractivity contribution < 1.29 is 9.59 Å². The van der Waals surface area contributed by atoms with Crippen molar-refractivity contribution in [1.82, 2.24) is 25.2 Å². The highest BCUT2D eigenvalue weighted by molar-refractivity contribution is 8.00. The fourth-order valence-electron chi connectivity index (χ4n) is 3.58. The van der Waals surface area contributed by atoms with E-state index in [4.69, 9.17) is 0 Å². The van der Waals surface area contributed by atoms with Crippen molar-refractivity contribution in [3.8, 4) is 0 Å². The van der Waals surface area contributed by atoms with Crippen molar-refractivity contribution in [2.24, 2.45) is 0 Å². The van der Waals surface area contributed by atoms with E-state index in [9.17, 15) is 9.59 Å². The van der Waals surface area contributed by atoms with Gasteiger partial charge in [-0.05, 0) is 56.5 Å². The number of aryl methyl sites for hydroxylation is 1. The lowest BCUT2D eigenvalue weighted by molar-refractivity contribution is 0.0988. The normalized spacial score (nSPS) is 16.3. The molecule has 1 fully saturated rings. The lowest BCUT2D eigenvalue weighted by Crippen LogP contribution is -2.17. The minimum atomic E-state index is -0.345. The number of rotatable bonds is 6. The van der Waals surface area contributed by atoms with E-state index in [1.54, 1.807) is 0 Å². The molecule has 0 radical (unpaired) electrons. The lowest BCUT2D eigenvalue weighted by Gasteiger charge is -2.13. The molecule has 0 saturated heterocycles. The summed E-state index contributed by atoms with van der Waals surface area (Å²) in [6.45, 7) is 7.00. The summed E-state index contributed by atoms with van der Waals surface area (Å²) in [7, 11) is 0. The fraction of sp³-hybridized carbons (Fsp3) is 0.588. The molecule has 3 rings (SSSR count). The Hall–Kier alpha value is -1.96. The van der Waals surface area contributed by atoms with Gasteiger partial charge in [-0.2, -0.15) is 0 Å². The number of aromatic amines is 1. The van der Waals surface area contributed by atoms with E-state index in [1.807, 2.05) is 25.5 Å². The molecule has 0 aliphatic heterocycles. The number of thioether (sulfide) groups is 1.